The van der Waals surface area contributed by atoms with Crippen LogP contribution in [0, 0.1) is 11.7 Å². The van der Waals surface area contributed by atoms with Gasteiger partial charge in [-0.2, -0.15) is 0 Å². The number of aromatic nitrogens is 1. The van der Waals surface area contributed by atoms with Crippen LogP contribution in [0.3, 0.4) is 0 Å². The summed E-state index contributed by atoms with van der Waals surface area (Å²) < 4.78 is 33.5. The average Bonchev–Trinajstić information content (AvgIpc) is 3.23. The van der Waals surface area contributed by atoms with Crippen LogP contribution in [-0.2, 0) is 43.2 Å². The standard InChI is InChI=1S/C51H73FN6O6/c1-9-27-55(35-44(59)21-17-38-15-13-12-14-16-38)36-45(60)31-40(30-39-18-22-46(23-19-39)64-51(4,5)6)50(61)58(37-48(62-10-2)63-11-3)32-41-20-24-47(52)49(53-41)57-33-43(34-57)56-28-25-42(26-29-56)54(7)8/h9,12-16,18-20,22-24,40,42-43,48H,1,10-11,17,21,25-37H2,2-8H3/t40-/m1/s1. The van der Waals surface area contributed by atoms with E-state index < -0.39 is 18.0 Å². The van der Waals surface area contributed by atoms with Crippen molar-refractivity contribution < 1.29 is 33.0 Å². The highest BCUT2D eigenvalue weighted by atomic mass is 19.1. The molecule has 2 aliphatic heterocycles. The zero-order chi connectivity index (χ0) is 46.2. The van der Waals surface area contributed by atoms with Crippen molar-refractivity contribution in [1.29, 1.82) is 0 Å². The van der Waals surface area contributed by atoms with Crippen molar-refractivity contribution in [3.05, 3.63) is 102 Å². The van der Waals surface area contributed by atoms with Gasteiger partial charge in [-0.15, -0.1) is 6.58 Å². The highest BCUT2D eigenvalue weighted by Gasteiger charge is 2.37. The fourth-order valence-corrected chi connectivity index (χ4v) is 8.59. The first-order valence-corrected chi connectivity index (χ1v) is 23.2. The number of aryl methyl sites for hydroxylation is 1. The number of ketones is 2. The molecule has 0 radical (unpaired) electrons. The number of benzene rings is 2. The van der Waals surface area contributed by atoms with Crippen molar-refractivity contribution in [2.45, 2.75) is 104 Å². The molecule has 0 spiro atoms. The lowest BCUT2D eigenvalue weighted by molar-refractivity contribution is -0.162. The molecule has 0 unspecified atom stereocenters. The Morgan fingerprint density at radius 3 is 2.17 bits per heavy atom. The van der Waals surface area contributed by atoms with Crippen molar-refractivity contribution in [3.63, 3.8) is 0 Å². The number of hydrogen-bond acceptors (Lipinski definition) is 11. The highest BCUT2D eigenvalue weighted by Crippen LogP contribution is 2.29. The lowest BCUT2D eigenvalue weighted by Crippen LogP contribution is -2.62. The molecule has 1 atom stereocenters. The van der Waals surface area contributed by atoms with Gasteiger partial charge in [-0.05, 0) is 110 Å². The molecule has 2 saturated heterocycles. The van der Waals surface area contributed by atoms with E-state index >= 15 is 9.18 Å². The van der Waals surface area contributed by atoms with Crippen LogP contribution in [0.1, 0.15) is 77.1 Å². The number of hydrogen-bond donors (Lipinski definition) is 0. The molecule has 0 N–H and O–H groups in total. The summed E-state index contributed by atoms with van der Waals surface area (Å²) in [7, 11) is 4.27. The number of ether oxygens (including phenoxy) is 3. The van der Waals surface area contributed by atoms with Gasteiger partial charge in [0, 0.05) is 76.8 Å². The molecule has 1 amide bonds. The van der Waals surface area contributed by atoms with Crippen LogP contribution < -0.4 is 9.64 Å². The summed E-state index contributed by atoms with van der Waals surface area (Å²) >= 11 is 0. The lowest BCUT2D eigenvalue weighted by Gasteiger charge is -2.48. The minimum absolute atomic E-state index is 0.0148. The molecule has 12 nitrogen and oxygen atoms in total. The Bertz CT molecular complexity index is 1920. The van der Waals surface area contributed by atoms with Gasteiger partial charge in [-0.25, -0.2) is 9.37 Å². The summed E-state index contributed by atoms with van der Waals surface area (Å²) in [6.07, 6.45) is 4.35. The molecule has 2 fully saturated rings. The number of carbonyl (C=O) groups excluding carboxylic acids is 3. The molecular formula is C51H73FN6O6. The van der Waals surface area contributed by atoms with E-state index in [1.165, 1.54) is 6.07 Å². The van der Waals surface area contributed by atoms with Crippen molar-refractivity contribution in [2.24, 2.45) is 5.92 Å². The highest BCUT2D eigenvalue weighted by molar-refractivity contribution is 5.89. The molecule has 1 aromatic heterocycles. The Labute approximate surface area is 381 Å². The molecule has 0 aliphatic carbocycles. The number of likely N-dealkylation sites (tertiary alicyclic amines) is 1. The third-order valence-corrected chi connectivity index (χ3v) is 11.9. The second-order valence-electron chi connectivity index (χ2n) is 18.4. The van der Waals surface area contributed by atoms with Gasteiger partial charge in [0.2, 0.25) is 5.91 Å². The van der Waals surface area contributed by atoms with E-state index in [1.807, 2.05) is 94.1 Å². The van der Waals surface area contributed by atoms with Crippen LogP contribution in [-0.4, -0.2) is 146 Å². The van der Waals surface area contributed by atoms with Gasteiger partial charge < -0.3 is 28.9 Å². The van der Waals surface area contributed by atoms with E-state index in [2.05, 4.69) is 30.5 Å². The zero-order valence-corrected chi connectivity index (χ0v) is 39.5. The average molecular weight is 885 g/mol. The minimum Gasteiger partial charge on any atom is -0.488 e. The fraction of sp³-hybridized carbons (Fsp3) is 0.569. The molecule has 0 bridgehead atoms. The van der Waals surface area contributed by atoms with E-state index in [0.717, 1.165) is 37.1 Å². The smallest absolute Gasteiger partial charge is 0.226 e. The maximum Gasteiger partial charge on any atom is 0.226 e. The number of pyridine rings is 1. The molecule has 350 valence electrons. The number of amides is 1. The van der Waals surface area contributed by atoms with E-state index in [9.17, 15) is 9.59 Å². The quantitative estimate of drug-likeness (QED) is 0.0625. The van der Waals surface area contributed by atoms with Gasteiger partial charge in [0.25, 0.3) is 0 Å². The Balaban J connectivity index is 1.36. The van der Waals surface area contributed by atoms with Gasteiger partial charge in [0.05, 0.1) is 31.9 Å². The lowest BCUT2D eigenvalue weighted by atomic mass is 9.92. The van der Waals surface area contributed by atoms with Crippen molar-refractivity contribution in [2.75, 3.05) is 84.6 Å². The van der Waals surface area contributed by atoms with Crippen LogP contribution in [0.4, 0.5) is 10.2 Å². The third kappa shape index (κ3) is 15.9. The summed E-state index contributed by atoms with van der Waals surface area (Å²) in [5.41, 5.74) is 2.07. The normalized spacial score (nSPS) is 15.7. The van der Waals surface area contributed by atoms with E-state index in [0.29, 0.717) is 69.2 Å². The van der Waals surface area contributed by atoms with Crippen molar-refractivity contribution in [1.82, 2.24) is 24.6 Å². The minimum atomic E-state index is -0.780. The Morgan fingerprint density at radius 1 is 0.906 bits per heavy atom. The third-order valence-electron chi connectivity index (χ3n) is 11.9. The van der Waals surface area contributed by atoms with Gasteiger partial charge in [0.15, 0.2) is 17.9 Å². The predicted molar refractivity (Wildman–Crippen MR) is 251 cm³/mol. The van der Waals surface area contributed by atoms with Crippen molar-refractivity contribution in [3.8, 4) is 5.75 Å². The monoisotopic (exact) mass is 885 g/mol. The number of halogens is 1. The second kappa shape index (κ2) is 24.7. The molecule has 2 aliphatic rings. The number of nitrogens with zero attached hydrogens (tertiary/aromatic N) is 6. The van der Waals surface area contributed by atoms with Crippen LogP contribution >= 0.6 is 0 Å². The van der Waals surface area contributed by atoms with Crippen LogP contribution in [0.25, 0.3) is 0 Å². The molecular weight excluding hydrogens is 812 g/mol. The molecule has 2 aromatic carbocycles. The molecule has 5 rings (SSSR count). The van der Waals surface area contributed by atoms with E-state index in [1.54, 1.807) is 21.9 Å². The van der Waals surface area contributed by atoms with Gasteiger partial charge >= 0.3 is 0 Å². The van der Waals surface area contributed by atoms with Crippen molar-refractivity contribution >= 4 is 23.3 Å². The number of piperidine rings is 1. The van der Waals surface area contributed by atoms with Gasteiger partial charge in [-0.1, -0.05) is 48.5 Å². The molecule has 3 heterocycles. The SMILES string of the molecule is C=CCN(CC(=O)CCc1ccccc1)CC(=O)C[C@@H](Cc1ccc(OC(C)(C)C)cc1)C(=O)N(Cc1ccc(F)c(N2CC(N3CCC(N(C)C)CC3)C2)n1)CC(OCC)OCC. The first kappa shape index (κ1) is 50.5. The zero-order valence-electron chi connectivity index (χ0n) is 39.5. The van der Waals surface area contributed by atoms with Gasteiger partial charge in [-0.3, -0.25) is 24.2 Å². The molecule has 13 heteroatoms. The largest absolute Gasteiger partial charge is 0.488 e. The first-order chi connectivity index (χ1) is 30.6. The number of rotatable bonds is 26. The second-order valence-corrected chi connectivity index (χ2v) is 18.4. The molecule has 0 saturated carbocycles. The van der Waals surface area contributed by atoms with Gasteiger partial charge in [0.1, 0.15) is 22.9 Å². The summed E-state index contributed by atoms with van der Waals surface area (Å²) in [5, 5.41) is 0. The maximum absolute atomic E-state index is 15.5. The summed E-state index contributed by atoms with van der Waals surface area (Å²) in [5.74, 6) is -0.630. The summed E-state index contributed by atoms with van der Waals surface area (Å²) in [6, 6.07) is 21.4. The Hall–Kier alpha value is -4.53. The van der Waals surface area contributed by atoms with Crippen LogP contribution in [0.15, 0.2) is 79.4 Å². The van der Waals surface area contributed by atoms with E-state index in [4.69, 9.17) is 19.2 Å². The topological polar surface area (TPSA) is 108 Å². The number of carbonyl (C=O) groups is 3. The first-order valence-electron chi connectivity index (χ1n) is 23.2. The maximum atomic E-state index is 15.5. The summed E-state index contributed by atoms with van der Waals surface area (Å²) in [4.78, 5) is 57.3. The number of anilines is 1. The number of Topliss-reactive ketones (excluding diaryl/α,β-unsaturated/α-hetero) is 2. The summed E-state index contributed by atoms with van der Waals surface area (Å²) in [6.45, 7) is 18.3. The fourth-order valence-electron chi connectivity index (χ4n) is 8.59. The van der Waals surface area contributed by atoms with Crippen LogP contribution in [0.2, 0.25) is 0 Å². The van der Waals surface area contributed by atoms with E-state index in [-0.39, 0.29) is 67.9 Å². The van der Waals surface area contributed by atoms with Crippen LogP contribution in [0.5, 0.6) is 5.75 Å². The molecule has 3 aromatic rings. The Kier molecular flexibility index (Phi) is 19.5. The predicted octanol–water partition coefficient (Wildman–Crippen LogP) is 6.85. The molecule has 64 heavy (non-hydrogen) atoms. The Morgan fingerprint density at radius 2 is 1.56 bits per heavy atom.